The van der Waals surface area contributed by atoms with E-state index in [0.717, 1.165) is 78.3 Å². The predicted molar refractivity (Wildman–Crippen MR) is 209 cm³/mol. The lowest BCUT2D eigenvalue weighted by atomic mass is 9.96. The maximum atomic E-state index is 6.66. The molecule has 0 bridgehead atoms. The lowest BCUT2D eigenvalue weighted by molar-refractivity contribution is 0.487. The maximum absolute atomic E-state index is 6.66. The number of benzene rings is 7. The summed E-state index contributed by atoms with van der Waals surface area (Å²) in [6, 6.07) is 62.6. The minimum Gasteiger partial charge on any atom is -0.456 e. The van der Waals surface area contributed by atoms with E-state index in [-0.39, 0.29) is 0 Å². The van der Waals surface area contributed by atoms with Crippen molar-refractivity contribution < 1.29 is 4.74 Å². The van der Waals surface area contributed by atoms with Crippen LogP contribution in [0.15, 0.2) is 182 Å². The van der Waals surface area contributed by atoms with Crippen LogP contribution in [0.3, 0.4) is 0 Å². The first-order valence-electron chi connectivity index (χ1n) is 17.4. The number of hydrogen-bond donors (Lipinski definition) is 0. The molecule has 0 atom stereocenters. The van der Waals surface area contributed by atoms with Crippen LogP contribution in [0, 0.1) is 0 Å². The molecule has 3 heterocycles. The first kappa shape index (κ1) is 29.8. The number of nitrogens with zero attached hydrogens (tertiary/aromatic N) is 4. The fourth-order valence-electron chi connectivity index (χ4n) is 7.33. The van der Waals surface area contributed by atoms with E-state index in [1.54, 1.807) is 0 Å². The summed E-state index contributed by atoms with van der Waals surface area (Å²) in [5, 5.41) is 1.15. The number of aromatic nitrogens is 4. The molecule has 0 saturated carbocycles. The highest BCUT2D eigenvalue weighted by Gasteiger charge is 2.29. The summed E-state index contributed by atoms with van der Waals surface area (Å²) >= 11 is 0. The van der Waals surface area contributed by atoms with Gasteiger partial charge in [0.25, 0.3) is 0 Å². The number of rotatable bonds is 5. The van der Waals surface area contributed by atoms with Crippen LogP contribution in [0.5, 0.6) is 11.5 Å². The fourth-order valence-corrected chi connectivity index (χ4v) is 7.33. The van der Waals surface area contributed by atoms with Crippen LogP contribution in [0.2, 0.25) is 0 Å². The SMILES string of the molecule is c1ccc(-c2nc(-c3ccccc3)nc(-c3cccc(-n4c5c(c6cccc(-c7ccccc7)c64)-c4ccccc4Oc4ccccc4-5)c3)n2)cc1. The van der Waals surface area contributed by atoms with E-state index in [1.807, 2.05) is 72.8 Å². The molecule has 0 unspecified atom stereocenters. The van der Waals surface area contributed by atoms with Crippen LogP contribution in [-0.2, 0) is 0 Å². The molecule has 0 fully saturated rings. The summed E-state index contributed by atoms with van der Waals surface area (Å²) in [5.74, 6) is 3.51. The standard InChI is InChI=1S/C47H30N4O/c1-4-16-31(17-5-1)36-26-15-27-39-42-37-24-10-12-28-40(37)52-41-29-13-11-25-38(41)44(42)51(43(36)39)35-23-14-22-34(30-35)47-49-45(32-18-6-2-7-19-32)48-46(50-47)33-20-8-3-9-21-33/h1-30H. The second-order valence-corrected chi connectivity index (χ2v) is 12.8. The Morgan fingerprint density at radius 3 is 1.52 bits per heavy atom. The first-order valence-corrected chi connectivity index (χ1v) is 17.4. The van der Waals surface area contributed by atoms with Crippen molar-refractivity contribution in [1.29, 1.82) is 0 Å². The van der Waals surface area contributed by atoms with Gasteiger partial charge in [0.2, 0.25) is 0 Å². The van der Waals surface area contributed by atoms with E-state index in [0.29, 0.717) is 17.5 Å². The van der Waals surface area contributed by atoms with Crippen LogP contribution >= 0.6 is 0 Å². The molecule has 0 aliphatic carbocycles. The molecule has 10 rings (SSSR count). The van der Waals surface area contributed by atoms with Gasteiger partial charge < -0.3 is 9.30 Å². The number of fused-ring (bicyclic) bond motifs is 7. The van der Waals surface area contributed by atoms with Gasteiger partial charge in [-0.05, 0) is 35.9 Å². The van der Waals surface area contributed by atoms with E-state index in [4.69, 9.17) is 19.7 Å². The van der Waals surface area contributed by atoms with E-state index in [2.05, 4.69) is 114 Å². The van der Waals surface area contributed by atoms with Crippen molar-refractivity contribution in [2.75, 3.05) is 0 Å². The molecule has 0 N–H and O–H groups in total. The molecule has 1 aliphatic heterocycles. The molecule has 0 saturated heterocycles. The Balaban J connectivity index is 1.28. The largest absolute Gasteiger partial charge is 0.456 e. The molecule has 0 radical (unpaired) electrons. The monoisotopic (exact) mass is 666 g/mol. The van der Waals surface area contributed by atoms with Crippen molar-refractivity contribution in [2.24, 2.45) is 0 Å². The Morgan fingerprint density at radius 1 is 0.385 bits per heavy atom. The molecule has 5 heteroatoms. The zero-order chi connectivity index (χ0) is 34.4. The highest BCUT2D eigenvalue weighted by molar-refractivity contribution is 6.12. The zero-order valence-electron chi connectivity index (χ0n) is 28.0. The highest BCUT2D eigenvalue weighted by atomic mass is 16.5. The van der Waals surface area contributed by atoms with Crippen molar-refractivity contribution in [3.05, 3.63) is 182 Å². The molecule has 7 aromatic carbocycles. The molecule has 244 valence electrons. The summed E-state index contributed by atoms with van der Waals surface area (Å²) < 4.78 is 9.06. The van der Waals surface area contributed by atoms with Gasteiger partial charge in [0.15, 0.2) is 17.5 Å². The minimum atomic E-state index is 0.606. The summed E-state index contributed by atoms with van der Waals surface area (Å²) in [4.78, 5) is 15.1. The van der Waals surface area contributed by atoms with Crippen molar-refractivity contribution >= 4 is 10.9 Å². The van der Waals surface area contributed by atoms with Crippen molar-refractivity contribution in [2.45, 2.75) is 0 Å². The van der Waals surface area contributed by atoms with E-state index in [1.165, 1.54) is 0 Å². The van der Waals surface area contributed by atoms with Crippen LogP contribution in [0.4, 0.5) is 0 Å². The average Bonchev–Trinajstić information content (AvgIpc) is 3.49. The van der Waals surface area contributed by atoms with Gasteiger partial charge in [0.1, 0.15) is 11.5 Å². The van der Waals surface area contributed by atoms with E-state index >= 15 is 0 Å². The van der Waals surface area contributed by atoms with E-state index in [9.17, 15) is 0 Å². The minimum absolute atomic E-state index is 0.606. The Hall–Kier alpha value is -7.11. The molecule has 1 aliphatic rings. The summed E-state index contributed by atoms with van der Waals surface area (Å²) in [6.07, 6.45) is 0. The van der Waals surface area contributed by atoms with Gasteiger partial charge in [-0.2, -0.15) is 0 Å². The average molecular weight is 667 g/mol. The van der Waals surface area contributed by atoms with Crippen LogP contribution in [-0.4, -0.2) is 19.5 Å². The Bertz CT molecular complexity index is 2700. The lowest BCUT2D eigenvalue weighted by Crippen LogP contribution is -2.02. The molecule has 9 aromatic rings. The van der Waals surface area contributed by atoms with Gasteiger partial charge >= 0.3 is 0 Å². The smallest absolute Gasteiger partial charge is 0.164 e. The molecule has 2 aromatic heterocycles. The number of hydrogen-bond acceptors (Lipinski definition) is 4. The summed E-state index contributed by atoms with van der Waals surface area (Å²) in [6.45, 7) is 0. The third kappa shape index (κ3) is 4.98. The Morgan fingerprint density at radius 2 is 0.865 bits per heavy atom. The van der Waals surface area contributed by atoms with Gasteiger partial charge in [-0.15, -0.1) is 0 Å². The molecule has 5 nitrogen and oxygen atoms in total. The topological polar surface area (TPSA) is 52.8 Å². The second-order valence-electron chi connectivity index (χ2n) is 12.8. The number of ether oxygens (including phenoxy) is 1. The third-order valence-electron chi connectivity index (χ3n) is 9.65. The van der Waals surface area contributed by atoms with Crippen molar-refractivity contribution in [3.63, 3.8) is 0 Å². The molecule has 0 spiro atoms. The molecular formula is C47H30N4O. The van der Waals surface area contributed by atoms with Crippen LogP contribution < -0.4 is 4.74 Å². The van der Waals surface area contributed by atoms with Crippen molar-refractivity contribution in [3.8, 4) is 84.9 Å². The quantitative estimate of drug-likeness (QED) is 0.183. The lowest BCUT2D eigenvalue weighted by Gasteiger charge is -2.16. The van der Waals surface area contributed by atoms with Gasteiger partial charge in [-0.25, -0.2) is 15.0 Å². The van der Waals surface area contributed by atoms with Gasteiger partial charge in [0, 0.05) is 50.0 Å². The van der Waals surface area contributed by atoms with Crippen LogP contribution in [0.1, 0.15) is 0 Å². The zero-order valence-corrected chi connectivity index (χ0v) is 28.0. The maximum Gasteiger partial charge on any atom is 0.164 e. The molecule has 52 heavy (non-hydrogen) atoms. The predicted octanol–water partition coefficient (Wildman–Crippen LogP) is 11.9. The second kappa shape index (κ2) is 12.3. The summed E-state index contributed by atoms with van der Waals surface area (Å²) in [5.41, 5.74) is 11.4. The normalized spacial score (nSPS) is 11.6. The Kier molecular flexibility index (Phi) is 7.07. The first-order chi connectivity index (χ1) is 25.8. The molecular weight excluding hydrogens is 637 g/mol. The highest BCUT2D eigenvalue weighted by Crippen LogP contribution is 2.53. The van der Waals surface area contributed by atoms with E-state index < -0.39 is 0 Å². The van der Waals surface area contributed by atoms with Gasteiger partial charge in [-0.1, -0.05) is 152 Å². The molecule has 0 amide bonds. The van der Waals surface area contributed by atoms with Crippen molar-refractivity contribution in [1.82, 2.24) is 19.5 Å². The Labute approximate surface area is 301 Å². The van der Waals surface area contributed by atoms with Crippen LogP contribution in [0.25, 0.3) is 84.3 Å². The van der Waals surface area contributed by atoms with Gasteiger partial charge in [0.05, 0.1) is 11.2 Å². The van der Waals surface area contributed by atoms with Gasteiger partial charge in [-0.3, -0.25) is 0 Å². The number of para-hydroxylation sites is 3. The fraction of sp³-hybridized carbons (Fsp3) is 0. The third-order valence-corrected chi connectivity index (χ3v) is 9.65. The summed E-state index contributed by atoms with van der Waals surface area (Å²) in [7, 11) is 0.